The van der Waals surface area contributed by atoms with Crippen LogP contribution >= 0.6 is 11.3 Å². The summed E-state index contributed by atoms with van der Waals surface area (Å²) in [5.41, 5.74) is 6.39. The van der Waals surface area contributed by atoms with Gasteiger partial charge in [-0.25, -0.2) is 4.98 Å². The van der Waals surface area contributed by atoms with E-state index < -0.39 is 0 Å². The predicted molar refractivity (Wildman–Crippen MR) is 99.4 cm³/mol. The Bertz CT molecular complexity index is 938. The van der Waals surface area contributed by atoms with Crippen molar-refractivity contribution in [2.24, 2.45) is 5.10 Å². The van der Waals surface area contributed by atoms with Crippen LogP contribution < -0.4 is 20.2 Å². The molecule has 122 valence electrons. The lowest BCUT2D eigenvalue weighted by Crippen LogP contribution is -2.22. The van der Waals surface area contributed by atoms with E-state index in [1.807, 2.05) is 31.1 Å². The summed E-state index contributed by atoms with van der Waals surface area (Å²) in [6.07, 6.45) is 7.00. The summed E-state index contributed by atoms with van der Waals surface area (Å²) in [6, 6.07) is 5.91. The van der Waals surface area contributed by atoms with E-state index in [0.29, 0.717) is 12.1 Å². The average Bonchev–Trinajstić information content (AvgIpc) is 3.13. The third-order valence-corrected chi connectivity index (χ3v) is 5.24. The number of thiazole rings is 1. The molecule has 1 N–H and O–H groups in total. The highest BCUT2D eigenvalue weighted by Gasteiger charge is 2.27. The van der Waals surface area contributed by atoms with E-state index in [0.717, 1.165) is 40.1 Å². The van der Waals surface area contributed by atoms with Crippen molar-refractivity contribution in [1.82, 2.24) is 4.98 Å². The molecule has 0 amide bonds. The Kier molecular flexibility index (Phi) is 3.69. The van der Waals surface area contributed by atoms with E-state index in [1.54, 1.807) is 11.3 Å². The molecule has 0 unspecified atom stereocenters. The van der Waals surface area contributed by atoms with Crippen molar-refractivity contribution in [2.75, 3.05) is 24.4 Å². The maximum atomic E-state index is 12.5. The molecule has 4 rings (SSSR count). The van der Waals surface area contributed by atoms with Gasteiger partial charge in [-0.3, -0.25) is 10.2 Å². The van der Waals surface area contributed by atoms with Crippen LogP contribution in [-0.2, 0) is 6.42 Å². The van der Waals surface area contributed by atoms with Gasteiger partial charge >= 0.3 is 0 Å². The van der Waals surface area contributed by atoms with Crippen LogP contribution in [0.1, 0.15) is 28.8 Å². The molecule has 0 aliphatic heterocycles. The van der Waals surface area contributed by atoms with Gasteiger partial charge in [0.15, 0.2) is 0 Å². The molecule has 0 atom stereocenters. The second kappa shape index (κ2) is 5.87. The molecule has 1 aromatic heterocycles. The fourth-order valence-corrected chi connectivity index (χ4v) is 3.84. The summed E-state index contributed by atoms with van der Waals surface area (Å²) in [5.74, 6) is 0.00208. The minimum absolute atomic E-state index is 0.00208. The molecular formula is C18H18N4OS. The lowest BCUT2D eigenvalue weighted by atomic mass is 10.1. The number of hydrogen-bond donors (Lipinski definition) is 1. The van der Waals surface area contributed by atoms with E-state index in [-0.39, 0.29) is 5.78 Å². The smallest absolute Gasteiger partial charge is 0.209 e. The zero-order valence-electron chi connectivity index (χ0n) is 13.7. The Labute approximate surface area is 144 Å². The molecule has 2 aliphatic rings. The van der Waals surface area contributed by atoms with Crippen LogP contribution in [0.2, 0.25) is 0 Å². The predicted octanol–water partition coefficient (Wildman–Crippen LogP) is 1.77. The van der Waals surface area contributed by atoms with Crippen LogP contribution in [0.5, 0.6) is 0 Å². The third kappa shape index (κ3) is 2.63. The van der Waals surface area contributed by atoms with E-state index in [2.05, 4.69) is 33.7 Å². The fourth-order valence-electron chi connectivity index (χ4n) is 2.97. The Morgan fingerprint density at radius 3 is 2.88 bits per heavy atom. The third-order valence-electron chi connectivity index (χ3n) is 4.27. The molecular weight excluding hydrogens is 320 g/mol. The van der Waals surface area contributed by atoms with E-state index in [1.165, 1.54) is 4.53 Å². The lowest BCUT2D eigenvalue weighted by molar-refractivity contribution is 0.106. The standard InChI is InChI=1S/C18H18N4OS/c1-22(2)12-7-8-13-11(9-12)10-15(17(13)23)20-21-18-19-14-5-3-4-6-16(14)24-18/h5-9H,3-4,10H2,1-2H3,(H,19,21)/b20-15-. The minimum Gasteiger partial charge on any atom is -0.378 e. The van der Waals surface area contributed by atoms with Crippen molar-refractivity contribution in [1.29, 1.82) is 0 Å². The van der Waals surface area contributed by atoms with Gasteiger partial charge in [-0.2, -0.15) is 5.10 Å². The molecule has 1 heterocycles. The van der Waals surface area contributed by atoms with Crippen LogP contribution in [0.25, 0.3) is 12.2 Å². The Balaban J connectivity index is 1.58. The van der Waals surface area contributed by atoms with E-state index in [9.17, 15) is 4.79 Å². The molecule has 1 aromatic carbocycles. The average molecular weight is 338 g/mol. The van der Waals surface area contributed by atoms with Crippen molar-refractivity contribution in [3.8, 4) is 0 Å². The van der Waals surface area contributed by atoms with Crippen molar-refractivity contribution >= 4 is 45.8 Å². The highest BCUT2D eigenvalue weighted by Crippen LogP contribution is 2.25. The Morgan fingerprint density at radius 1 is 1.25 bits per heavy atom. The zero-order valence-corrected chi connectivity index (χ0v) is 14.5. The second-order valence-electron chi connectivity index (χ2n) is 6.17. The van der Waals surface area contributed by atoms with Crippen molar-refractivity contribution in [3.05, 3.63) is 39.2 Å². The molecule has 2 aromatic rings. The number of benzene rings is 1. The largest absolute Gasteiger partial charge is 0.378 e. The van der Waals surface area contributed by atoms with Gasteiger partial charge in [0, 0.05) is 31.8 Å². The van der Waals surface area contributed by atoms with Gasteiger partial charge in [0.2, 0.25) is 10.9 Å². The number of carbonyl (C=O) groups is 1. The second-order valence-corrected chi connectivity index (χ2v) is 7.20. The summed E-state index contributed by atoms with van der Waals surface area (Å²) < 4.78 is 1.18. The number of nitrogens with zero attached hydrogens (tertiary/aromatic N) is 3. The first-order valence-corrected chi connectivity index (χ1v) is 8.78. The van der Waals surface area contributed by atoms with Crippen LogP contribution in [0.15, 0.2) is 23.3 Å². The molecule has 2 aliphatic carbocycles. The van der Waals surface area contributed by atoms with Gasteiger partial charge in [-0.05, 0) is 36.6 Å². The van der Waals surface area contributed by atoms with Gasteiger partial charge in [-0.1, -0.05) is 23.5 Å². The number of ketones is 1. The van der Waals surface area contributed by atoms with Gasteiger partial charge in [-0.15, -0.1) is 0 Å². The topological polar surface area (TPSA) is 57.6 Å². The first kappa shape index (κ1) is 15.1. The van der Waals surface area contributed by atoms with Gasteiger partial charge < -0.3 is 4.90 Å². The number of anilines is 2. The minimum atomic E-state index is 0.00208. The van der Waals surface area contributed by atoms with Crippen molar-refractivity contribution < 1.29 is 4.79 Å². The molecule has 0 fully saturated rings. The molecule has 0 bridgehead atoms. The molecule has 0 spiro atoms. The summed E-state index contributed by atoms with van der Waals surface area (Å²) >= 11 is 1.58. The van der Waals surface area contributed by atoms with Crippen molar-refractivity contribution in [3.63, 3.8) is 0 Å². The van der Waals surface area contributed by atoms with Crippen molar-refractivity contribution in [2.45, 2.75) is 19.3 Å². The molecule has 0 saturated heterocycles. The Morgan fingerprint density at radius 2 is 2.08 bits per heavy atom. The fraction of sp³-hybridized carbons (Fsp3) is 0.278. The molecule has 5 nitrogen and oxygen atoms in total. The SMILES string of the molecule is CN(C)c1ccc2c(c1)C/C(=N/Nc1nc3c(s1)=CCCC=3)C2=O. The number of nitrogens with one attached hydrogen (secondary N) is 1. The monoisotopic (exact) mass is 338 g/mol. The molecule has 24 heavy (non-hydrogen) atoms. The number of Topliss-reactive ketones (excluding diaryl/α,β-unsaturated/α-hetero) is 1. The van der Waals surface area contributed by atoms with Crippen LogP contribution in [0.4, 0.5) is 10.8 Å². The van der Waals surface area contributed by atoms with Gasteiger partial charge in [0.25, 0.3) is 0 Å². The van der Waals surface area contributed by atoms with Crippen LogP contribution in [-0.4, -0.2) is 30.6 Å². The number of carbonyl (C=O) groups excluding carboxylic acids is 1. The Hall–Kier alpha value is -2.47. The maximum absolute atomic E-state index is 12.5. The maximum Gasteiger partial charge on any atom is 0.209 e. The molecule has 0 radical (unpaired) electrons. The summed E-state index contributed by atoms with van der Waals surface area (Å²) in [7, 11) is 3.99. The summed E-state index contributed by atoms with van der Waals surface area (Å²) in [6.45, 7) is 0. The van der Waals surface area contributed by atoms with Gasteiger partial charge in [0.1, 0.15) is 5.71 Å². The number of hydrogen-bond acceptors (Lipinski definition) is 6. The zero-order chi connectivity index (χ0) is 16.7. The highest BCUT2D eigenvalue weighted by atomic mass is 32.1. The number of hydrazone groups is 1. The molecule has 6 heteroatoms. The summed E-state index contributed by atoms with van der Waals surface area (Å²) in [4.78, 5) is 19.0. The van der Waals surface area contributed by atoms with Gasteiger partial charge in [0.05, 0.1) is 9.88 Å². The lowest BCUT2D eigenvalue weighted by Gasteiger charge is -2.12. The number of rotatable bonds is 3. The number of fused-ring (bicyclic) bond motifs is 2. The number of aromatic nitrogens is 1. The normalized spacial score (nSPS) is 17.1. The molecule has 0 saturated carbocycles. The summed E-state index contributed by atoms with van der Waals surface area (Å²) in [5, 5.41) is 6.09. The first-order valence-electron chi connectivity index (χ1n) is 7.96. The van der Waals surface area contributed by atoms with Crippen LogP contribution in [0.3, 0.4) is 0 Å². The van der Waals surface area contributed by atoms with E-state index in [4.69, 9.17) is 0 Å². The van der Waals surface area contributed by atoms with Crippen LogP contribution in [0, 0.1) is 0 Å². The highest BCUT2D eigenvalue weighted by molar-refractivity contribution is 7.13. The quantitative estimate of drug-likeness (QED) is 0.867. The van der Waals surface area contributed by atoms with E-state index >= 15 is 0 Å². The first-order chi connectivity index (χ1) is 11.6.